The van der Waals surface area contributed by atoms with Crippen molar-refractivity contribution in [3.63, 3.8) is 0 Å². The van der Waals surface area contributed by atoms with Crippen molar-refractivity contribution in [3.05, 3.63) is 36.5 Å². The lowest BCUT2D eigenvalue weighted by Gasteiger charge is -2.18. The summed E-state index contributed by atoms with van der Waals surface area (Å²) in [5.41, 5.74) is 0. The quantitative estimate of drug-likeness (QED) is 0.0262. The van der Waals surface area contributed by atoms with Gasteiger partial charge in [-0.2, -0.15) is 0 Å². The number of hydrogen-bond acceptors (Lipinski definition) is 6. The summed E-state index contributed by atoms with van der Waals surface area (Å²) in [6, 6.07) is 0. The van der Waals surface area contributed by atoms with Gasteiger partial charge in [0.05, 0.1) is 0 Å². The maximum absolute atomic E-state index is 12.8. The highest BCUT2D eigenvalue weighted by atomic mass is 16.6. The van der Waals surface area contributed by atoms with Crippen LogP contribution in [0.2, 0.25) is 0 Å². The minimum atomic E-state index is -0.772. The van der Waals surface area contributed by atoms with Gasteiger partial charge in [-0.3, -0.25) is 14.4 Å². The molecule has 0 radical (unpaired) electrons. The van der Waals surface area contributed by atoms with Crippen LogP contribution in [0.15, 0.2) is 36.5 Å². The van der Waals surface area contributed by atoms with Gasteiger partial charge in [0, 0.05) is 19.3 Å². The minimum absolute atomic E-state index is 0.0715. The summed E-state index contributed by atoms with van der Waals surface area (Å²) in [6.07, 6.45) is 65.7. The van der Waals surface area contributed by atoms with Gasteiger partial charge < -0.3 is 14.2 Å². The van der Waals surface area contributed by atoms with E-state index in [1.54, 1.807) is 0 Å². The zero-order valence-electron chi connectivity index (χ0n) is 44.2. The van der Waals surface area contributed by atoms with Gasteiger partial charge >= 0.3 is 17.9 Å². The molecule has 0 fully saturated rings. The molecule has 0 rings (SSSR count). The summed E-state index contributed by atoms with van der Waals surface area (Å²) in [7, 11) is 0. The van der Waals surface area contributed by atoms with Crippen LogP contribution >= 0.6 is 0 Å². The average molecular weight is 928 g/mol. The fourth-order valence-corrected chi connectivity index (χ4v) is 8.58. The molecule has 386 valence electrons. The maximum atomic E-state index is 12.8. The molecule has 0 saturated carbocycles. The molecule has 0 aromatic carbocycles. The molecule has 66 heavy (non-hydrogen) atoms. The smallest absolute Gasteiger partial charge is 0.306 e. The predicted molar refractivity (Wildman–Crippen MR) is 284 cm³/mol. The molecule has 0 bridgehead atoms. The van der Waals surface area contributed by atoms with E-state index < -0.39 is 6.10 Å². The fraction of sp³-hybridized carbons (Fsp3) is 0.850. The number of esters is 3. The van der Waals surface area contributed by atoms with E-state index in [1.807, 2.05) is 0 Å². The number of allylic oxidation sites excluding steroid dienone is 6. The molecule has 6 heteroatoms. The van der Waals surface area contributed by atoms with Crippen LogP contribution < -0.4 is 0 Å². The van der Waals surface area contributed by atoms with Crippen molar-refractivity contribution in [2.45, 2.75) is 316 Å². The number of unbranched alkanes of at least 4 members (excludes halogenated alkanes) is 36. The first kappa shape index (κ1) is 63.6. The van der Waals surface area contributed by atoms with Crippen LogP contribution in [0, 0.1) is 0 Å². The lowest BCUT2D eigenvalue weighted by Crippen LogP contribution is -2.30. The molecule has 1 atom stereocenters. The summed E-state index contributed by atoms with van der Waals surface area (Å²) in [6.45, 7) is 6.55. The van der Waals surface area contributed by atoms with Gasteiger partial charge in [0.25, 0.3) is 0 Å². The molecule has 0 aliphatic heterocycles. The first-order chi connectivity index (χ1) is 32.5. The number of carbonyl (C=O) groups is 3. The van der Waals surface area contributed by atoms with Crippen LogP contribution in [-0.4, -0.2) is 37.2 Å². The molecule has 0 saturated heterocycles. The van der Waals surface area contributed by atoms with E-state index in [0.29, 0.717) is 19.3 Å². The molecular weight excluding hydrogens is 817 g/mol. The van der Waals surface area contributed by atoms with E-state index >= 15 is 0 Å². The van der Waals surface area contributed by atoms with Crippen molar-refractivity contribution in [3.8, 4) is 0 Å². The zero-order chi connectivity index (χ0) is 47.9. The summed E-state index contributed by atoms with van der Waals surface area (Å²) in [4.78, 5) is 38.1. The van der Waals surface area contributed by atoms with Gasteiger partial charge in [0.15, 0.2) is 6.10 Å². The molecule has 0 aromatic rings. The Hall–Kier alpha value is -2.37. The van der Waals surface area contributed by atoms with E-state index in [9.17, 15) is 14.4 Å². The van der Waals surface area contributed by atoms with Gasteiger partial charge in [-0.15, -0.1) is 0 Å². The zero-order valence-corrected chi connectivity index (χ0v) is 44.2. The fourth-order valence-electron chi connectivity index (χ4n) is 8.58. The molecule has 0 spiro atoms. The van der Waals surface area contributed by atoms with Crippen molar-refractivity contribution in [2.75, 3.05) is 13.2 Å². The number of ether oxygens (including phenoxy) is 3. The van der Waals surface area contributed by atoms with Crippen LogP contribution in [0.4, 0.5) is 0 Å². The highest BCUT2D eigenvalue weighted by molar-refractivity contribution is 5.71. The van der Waals surface area contributed by atoms with E-state index in [1.165, 1.54) is 186 Å². The Kier molecular flexibility index (Phi) is 53.2. The average Bonchev–Trinajstić information content (AvgIpc) is 3.31. The second-order valence-electron chi connectivity index (χ2n) is 19.5. The van der Waals surface area contributed by atoms with Gasteiger partial charge in [-0.25, -0.2) is 0 Å². The summed E-state index contributed by atoms with van der Waals surface area (Å²) in [5, 5.41) is 0. The van der Waals surface area contributed by atoms with Gasteiger partial charge in [0.2, 0.25) is 0 Å². The number of carbonyl (C=O) groups excluding carboxylic acids is 3. The van der Waals surface area contributed by atoms with Crippen molar-refractivity contribution < 1.29 is 28.6 Å². The third-order valence-corrected chi connectivity index (χ3v) is 12.9. The highest BCUT2D eigenvalue weighted by Gasteiger charge is 2.19. The topological polar surface area (TPSA) is 78.9 Å². The molecule has 0 aromatic heterocycles. The van der Waals surface area contributed by atoms with Crippen LogP contribution in [0.3, 0.4) is 0 Å². The van der Waals surface area contributed by atoms with Crippen molar-refractivity contribution in [1.29, 1.82) is 0 Å². The standard InChI is InChI=1S/C60H110O6/c1-4-7-10-13-16-19-22-24-26-28-29-30-31-33-34-36-38-41-44-47-50-53-59(62)65-56-57(55-64-58(61)52-49-46-43-40-21-18-15-12-9-6-3)66-60(63)54-51-48-45-42-39-37-35-32-27-25-23-20-17-14-11-8-5-2/h8,11,17,20,25,27,57H,4-7,9-10,12-16,18-19,21-24,26,28-56H2,1-3H3/b11-8-,20-17-,27-25-. The Balaban J connectivity index is 4.25. The summed E-state index contributed by atoms with van der Waals surface area (Å²) in [5.74, 6) is -0.865. The monoisotopic (exact) mass is 927 g/mol. The normalized spacial score (nSPS) is 12.2. The highest BCUT2D eigenvalue weighted by Crippen LogP contribution is 2.17. The van der Waals surface area contributed by atoms with E-state index in [4.69, 9.17) is 14.2 Å². The van der Waals surface area contributed by atoms with Crippen LogP contribution in [-0.2, 0) is 28.6 Å². The second-order valence-corrected chi connectivity index (χ2v) is 19.5. The summed E-state index contributed by atoms with van der Waals surface area (Å²) < 4.78 is 16.8. The molecule has 0 amide bonds. The third-order valence-electron chi connectivity index (χ3n) is 12.9. The van der Waals surface area contributed by atoms with Crippen molar-refractivity contribution in [1.82, 2.24) is 0 Å². The maximum Gasteiger partial charge on any atom is 0.306 e. The van der Waals surface area contributed by atoms with E-state index in [2.05, 4.69) is 57.2 Å². The molecule has 0 N–H and O–H groups in total. The first-order valence-electron chi connectivity index (χ1n) is 29.0. The Morgan fingerprint density at radius 2 is 0.591 bits per heavy atom. The lowest BCUT2D eigenvalue weighted by molar-refractivity contribution is -0.167. The largest absolute Gasteiger partial charge is 0.462 e. The first-order valence-corrected chi connectivity index (χ1v) is 29.0. The Labute approximate surface area is 410 Å². The van der Waals surface area contributed by atoms with Gasteiger partial charge in [0.1, 0.15) is 13.2 Å². The van der Waals surface area contributed by atoms with E-state index in [0.717, 1.165) is 83.5 Å². The Morgan fingerprint density at radius 1 is 0.318 bits per heavy atom. The third kappa shape index (κ3) is 52.6. The Bertz CT molecular complexity index is 1110. The molecule has 1 unspecified atom stereocenters. The van der Waals surface area contributed by atoms with Crippen LogP contribution in [0.25, 0.3) is 0 Å². The van der Waals surface area contributed by atoms with Crippen LogP contribution in [0.1, 0.15) is 310 Å². The number of hydrogen-bond donors (Lipinski definition) is 0. The molecule has 0 aliphatic carbocycles. The number of rotatable bonds is 53. The summed E-state index contributed by atoms with van der Waals surface area (Å²) >= 11 is 0. The second kappa shape index (κ2) is 55.2. The molecule has 0 aliphatic rings. The Morgan fingerprint density at radius 3 is 0.924 bits per heavy atom. The van der Waals surface area contributed by atoms with Crippen molar-refractivity contribution >= 4 is 17.9 Å². The van der Waals surface area contributed by atoms with E-state index in [-0.39, 0.29) is 31.1 Å². The predicted octanol–water partition coefficient (Wildman–Crippen LogP) is 19.3. The van der Waals surface area contributed by atoms with Crippen molar-refractivity contribution in [2.24, 2.45) is 0 Å². The molecule has 6 nitrogen and oxygen atoms in total. The lowest BCUT2D eigenvalue weighted by atomic mass is 10.0. The SMILES string of the molecule is CC/C=C\C/C=C\C/C=C\CCCCCCCCCC(=O)OC(COC(=O)CCCCCCCCCCCC)COC(=O)CCCCCCCCCCCCCCCCCCCCCCC. The van der Waals surface area contributed by atoms with Gasteiger partial charge in [-0.05, 0) is 51.4 Å². The minimum Gasteiger partial charge on any atom is -0.462 e. The van der Waals surface area contributed by atoms with Gasteiger partial charge in [-0.1, -0.05) is 276 Å². The van der Waals surface area contributed by atoms with Crippen LogP contribution in [0.5, 0.6) is 0 Å². The molecule has 0 heterocycles. The molecular formula is C60H110O6.